The second-order valence-electron chi connectivity index (χ2n) is 3.39. The standard InChI is InChI=1S/C10H12ClN3O/c1-5(15-2)10-13-8-4-6(11)3-7(12)9(8)14-10/h3-5H,12H2,1-2H3,(H,13,14). The van der Waals surface area contributed by atoms with Crippen molar-refractivity contribution in [3.8, 4) is 0 Å². The monoisotopic (exact) mass is 225 g/mol. The van der Waals surface area contributed by atoms with E-state index in [0.717, 1.165) is 16.9 Å². The quantitative estimate of drug-likeness (QED) is 0.772. The van der Waals surface area contributed by atoms with Crippen LogP contribution in [0.4, 0.5) is 5.69 Å². The molecule has 0 radical (unpaired) electrons. The molecule has 0 amide bonds. The molecule has 1 unspecified atom stereocenters. The molecule has 0 aliphatic rings. The lowest BCUT2D eigenvalue weighted by Crippen LogP contribution is -1.97. The molecule has 1 aromatic carbocycles. The maximum absolute atomic E-state index is 5.89. The van der Waals surface area contributed by atoms with Crippen LogP contribution in [0.2, 0.25) is 5.02 Å². The zero-order chi connectivity index (χ0) is 11.0. The smallest absolute Gasteiger partial charge is 0.136 e. The summed E-state index contributed by atoms with van der Waals surface area (Å²) in [5, 5.41) is 0.597. The molecule has 4 nitrogen and oxygen atoms in total. The average molecular weight is 226 g/mol. The van der Waals surface area contributed by atoms with E-state index in [1.54, 1.807) is 19.2 Å². The second-order valence-corrected chi connectivity index (χ2v) is 3.83. The van der Waals surface area contributed by atoms with Crippen LogP contribution in [0.15, 0.2) is 12.1 Å². The van der Waals surface area contributed by atoms with E-state index >= 15 is 0 Å². The van der Waals surface area contributed by atoms with Crippen LogP contribution < -0.4 is 5.73 Å². The van der Waals surface area contributed by atoms with E-state index in [1.165, 1.54) is 0 Å². The molecule has 0 aliphatic carbocycles. The van der Waals surface area contributed by atoms with Gasteiger partial charge in [0.05, 0.1) is 11.2 Å². The molecule has 0 aliphatic heterocycles. The second kappa shape index (κ2) is 3.72. The summed E-state index contributed by atoms with van der Waals surface area (Å²) in [5.74, 6) is 0.751. The number of fused-ring (bicyclic) bond motifs is 1. The summed E-state index contributed by atoms with van der Waals surface area (Å²) >= 11 is 5.89. The number of anilines is 1. The van der Waals surface area contributed by atoms with Crippen LogP contribution in [0.3, 0.4) is 0 Å². The molecular weight excluding hydrogens is 214 g/mol. The maximum Gasteiger partial charge on any atom is 0.136 e. The van der Waals surface area contributed by atoms with Crippen LogP contribution in [-0.4, -0.2) is 17.1 Å². The number of ether oxygens (including phenoxy) is 1. The molecule has 0 fully saturated rings. The molecule has 1 atom stereocenters. The first kappa shape index (κ1) is 10.3. The van der Waals surface area contributed by atoms with Crippen molar-refractivity contribution in [3.63, 3.8) is 0 Å². The Hall–Kier alpha value is -1.26. The minimum absolute atomic E-state index is 0.0874. The van der Waals surface area contributed by atoms with Gasteiger partial charge in [-0.25, -0.2) is 4.98 Å². The lowest BCUT2D eigenvalue weighted by molar-refractivity contribution is 0.113. The van der Waals surface area contributed by atoms with Crippen molar-refractivity contribution in [2.24, 2.45) is 0 Å². The Morgan fingerprint density at radius 2 is 2.27 bits per heavy atom. The van der Waals surface area contributed by atoms with Gasteiger partial charge in [0.15, 0.2) is 0 Å². The number of rotatable bonds is 2. The third-order valence-electron chi connectivity index (χ3n) is 2.34. The number of hydrogen-bond acceptors (Lipinski definition) is 3. The Balaban J connectivity index is 2.60. The fourth-order valence-corrected chi connectivity index (χ4v) is 1.66. The summed E-state index contributed by atoms with van der Waals surface area (Å²) in [6.07, 6.45) is -0.0874. The number of nitrogens with two attached hydrogens (primary N) is 1. The van der Waals surface area contributed by atoms with Crippen LogP contribution >= 0.6 is 11.6 Å². The predicted molar refractivity (Wildman–Crippen MR) is 60.9 cm³/mol. The number of hydrogen-bond donors (Lipinski definition) is 2. The number of halogens is 1. The molecule has 5 heteroatoms. The van der Waals surface area contributed by atoms with Crippen molar-refractivity contribution in [1.29, 1.82) is 0 Å². The summed E-state index contributed by atoms with van der Waals surface area (Å²) in [6.45, 7) is 1.91. The summed E-state index contributed by atoms with van der Waals surface area (Å²) < 4.78 is 5.17. The molecular formula is C10H12ClN3O. The minimum atomic E-state index is -0.0874. The fraction of sp³-hybridized carbons (Fsp3) is 0.300. The number of nitrogen functional groups attached to an aromatic ring is 1. The third kappa shape index (κ3) is 1.78. The van der Waals surface area contributed by atoms with E-state index in [4.69, 9.17) is 22.1 Å². The van der Waals surface area contributed by atoms with Crippen molar-refractivity contribution in [3.05, 3.63) is 23.0 Å². The summed E-state index contributed by atoms with van der Waals surface area (Å²) in [6, 6.07) is 3.48. The topological polar surface area (TPSA) is 63.9 Å². The number of methoxy groups -OCH3 is 1. The Kier molecular flexibility index (Phi) is 2.54. The first-order valence-corrected chi connectivity index (χ1v) is 4.97. The van der Waals surface area contributed by atoms with Crippen LogP contribution in [0.5, 0.6) is 0 Å². The van der Waals surface area contributed by atoms with E-state index in [0.29, 0.717) is 10.7 Å². The normalized spacial score (nSPS) is 13.3. The van der Waals surface area contributed by atoms with Gasteiger partial charge < -0.3 is 15.5 Å². The molecule has 3 N–H and O–H groups in total. The summed E-state index contributed by atoms with van der Waals surface area (Å²) in [7, 11) is 1.63. The number of H-pyrrole nitrogens is 1. The molecule has 0 saturated carbocycles. The average Bonchev–Trinajstić information content (AvgIpc) is 2.60. The third-order valence-corrected chi connectivity index (χ3v) is 2.56. The van der Waals surface area contributed by atoms with Gasteiger partial charge in [0.2, 0.25) is 0 Å². The van der Waals surface area contributed by atoms with Crippen LogP contribution in [0.25, 0.3) is 11.0 Å². The van der Waals surface area contributed by atoms with Gasteiger partial charge in [-0.3, -0.25) is 0 Å². The molecule has 80 valence electrons. The van der Waals surface area contributed by atoms with E-state index in [9.17, 15) is 0 Å². The van der Waals surface area contributed by atoms with Gasteiger partial charge in [0, 0.05) is 12.1 Å². The van der Waals surface area contributed by atoms with Crippen molar-refractivity contribution in [2.75, 3.05) is 12.8 Å². The van der Waals surface area contributed by atoms with Crippen LogP contribution in [0.1, 0.15) is 18.9 Å². The zero-order valence-electron chi connectivity index (χ0n) is 8.54. The Labute approximate surface area is 92.4 Å². The molecule has 0 bridgehead atoms. The SMILES string of the molecule is COC(C)c1nc2c(N)cc(Cl)cc2[nH]1. The van der Waals surface area contributed by atoms with Gasteiger partial charge in [-0.05, 0) is 19.1 Å². The molecule has 15 heavy (non-hydrogen) atoms. The van der Waals surface area contributed by atoms with Gasteiger partial charge >= 0.3 is 0 Å². The lowest BCUT2D eigenvalue weighted by atomic mass is 10.3. The van der Waals surface area contributed by atoms with Crippen LogP contribution in [-0.2, 0) is 4.74 Å². The van der Waals surface area contributed by atoms with E-state index in [1.807, 2.05) is 6.92 Å². The highest BCUT2D eigenvalue weighted by Crippen LogP contribution is 2.26. The van der Waals surface area contributed by atoms with E-state index < -0.39 is 0 Å². The molecule has 0 spiro atoms. The number of aromatic amines is 1. The summed E-state index contributed by atoms with van der Waals surface area (Å²) in [5.41, 5.74) is 7.94. The van der Waals surface area contributed by atoms with Gasteiger partial charge in [-0.2, -0.15) is 0 Å². The van der Waals surface area contributed by atoms with Crippen molar-refractivity contribution < 1.29 is 4.74 Å². The highest BCUT2D eigenvalue weighted by Gasteiger charge is 2.11. The van der Waals surface area contributed by atoms with Gasteiger partial charge in [-0.1, -0.05) is 11.6 Å². The molecule has 2 aromatic rings. The van der Waals surface area contributed by atoms with Crippen molar-refractivity contribution in [1.82, 2.24) is 9.97 Å². The minimum Gasteiger partial charge on any atom is -0.397 e. The Bertz CT molecular complexity index is 495. The van der Waals surface area contributed by atoms with Gasteiger partial charge in [-0.15, -0.1) is 0 Å². The maximum atomic E-state index is 5.89. The van der Waals surface area contributed by atoms with Gasteiger partial charge in [0.25, 0.3) is 0 Å². The van der Waals surface area contributed by atoms with E-state index in [-0.39, 0.29) is 6.10 Å². The van der Waals surface area contributed by atoms with Crippen molar-refractivity contribution in [2.45, 2.75) is 13.0 Å². The van der Waals surface area contributed by atoms with Gasteiger partial charge in [0.1, 0.15) is 17.4 Å². The highest BCUT2D eigenvalue weighted by molar-refractivity contribution is 6.31. The number of benzene rings is 1. The fourth-order valence-electron chi connectivity index (χ4n) is 1.43. The zero-order valence-corrected chi connectivity index (χ0v) is 9.30. The lowest BCUT2D eigenvalue weighted by Gasteiger charge is -2.03. The van der Waals surface area contributed by atoms with E-state index in [2.05, 4.69) is 9.97 Å². The summed E-state index contributed by atoms with van der Waals surface area (Å²) in [4.78, 5) is 7.49. The van der Waals surface area contributed by atoms with Crippen molar-refractivity contribution >= 4 is 28.3 Å². The number of aromatic nitrogens is 2. The first-order chi connectivity index (χ1) is 7.11. The molecule has 0 saturated heterocycles. The molecule has 2 rings (SSSR count). The Morgan fingerprint density at radius 1 is 1.53 bits per heavy atom. The Morgan fingerprint density at radius 3 is 2.93 bits per heavy atom. The first-order valence-electron chi connectivity index (χ1n) is 4.59. The predicted octanol–water partition coefficient (Wildman–Crippen LogP) is 2.51. The number of imidazole rings is 1. The number of nitrogens with zero attached hydrogens (tertiary/aromatic N) is 1. The van der Waals surface area contributed by atoms with Crippen LogP contribution in [0, 0.1) is 0 Å². The highest BCUT2D eigenvalue weighted by atomic mass is 35.5. The molecule has 1 heterocycles. The molecule has 1 aromatic heterocycles. The number of nitrogens with one attached hydrogen (secondary N) is 1. The largest absolute Gasteiger partial charge is 0.397 e.